The van der Waals surface area contributed by atoms with Crippen molar-refractivity contribution in [3.63, 3.8) is 0 Å². The lowest BCUT2D eigenvalue weighted by molar-refractivity contribution is 0.525. The molecule has 5 heteroatoms. The van der Waals surface area contributed by atoms with Crippen LogP contribution < -0.4 is 10.2 Å². The van der Waals surface area contributed by atoms with Gasteiger partial charge in [-0.05, 0) is 56.4 Å². The largest absolute Gasteiger partial charge is 0.370 e. The van der Waals surface area contributed by atoms with Crippen molar-refractivity contribution in [1.82, 2.24) is 9.97 Å². The first-order chi connectivity index (χ1) is 12.2. The van der Waals surface area contributed by atoms with Crippen LogP contribution in [-0.4, -0.2) is 29.1 Å². The summed E-state index contributed by atoms with van der Waals surface area (Å²) in [5.41, 5.74) is 3.03. The van der Waals surface area contributed by atoms with E-state index in [-0.39, 0.29) is 0 Å². The molecule has 4 rings (SSSR count). The Bertz CT molecular complexity index is 798. The first kappa shape index (κ1) is 15.9. The Kier molecular flexibility index (Phi) is 4.27. The number of aryl methyl sites for hydroxylation is 1. The number of nitrogens with zero attached hydrogens (tertiary/aromatic N) is 4. The highest BCUT2D eigenvalue weighted by Gasteiger charge is 2.27. The first-order valence-corrected chi connectivity index (χ1v) is 9.08. The van der Waals surface area contributed by atoms with E-state index in [4.69, 9.17) is 0 Å². The first-order valence-electron chi connectivity index (χ1n) is 9.08. The van der Waals surface area contributed by atoms with Crippen LogP contribution in [-0.2, 0) is 0 Å². The summed E-state index contributed by atoms with van der Waals surface area (Å²) in [6, 6.07) is 10.8. The van der Waals surface area contributed by atoms with Gasteiger partial charge in [0.15, 0.2) is 0 Å². The molecule has 0 bridgehead atoms. The summed E-state index contributed by atoms with van der Waals surface area (Å²) in [7, 11) is 0. The average Bonchev–Trinajstić information content (AvgIpc) is 3.48. The standard InChI is InChI=1S/C20H23N5/c1-14-2-3-16(13-21)18(12-14)25-10-7-17(8-11-25)23-19-6-9-22-20(24-19)15-4-5-15/h2-3,6,9,12,15,17H,4-5,7-8,10-11H2,1H3,(H,22,23,24). The van der Waals surface area contributed by atoms with E-state index in [0.717, 1.165) is 48.8 Å². The maximum absolute atomic E-state index is 9.36. The lowest BCUT2D eigenvalue weighted by Crippen LogP contribution is -2.39. The molecule has 128 valence electrons. The number of nitrogens with one attached hydrogen (secondary N) is 1. The van der Waals surface area contributed by atoms with Crippen LogP contribution in [0.1, 0.15) is 48.6 Å². The molecule has 0 amide bonds. The second-order valence-corrected chi connectivity index (χ2v) is 7.11. The SMILES string of the molecule is Cc1ccc(C#N)c(N2CCC(Nc3ccnc(C4CC4)n3)CC2)c1. The fraction of sp³-hybridized carbons (Fsp3) is 0.450. The molecule has 2 heterocycles. The summed E-state index contributed by atoms with van der Waals surface area (Å²) in [4.78, 5) is 11.4. The molecule has 0 radical (unpaired) electrons. The normalized spacial score (nSPS) is 18.0. The Morgan fingerprint density at radius 2 is 1.96 bits per heavy atom. The molecule has 0 atom stereocenters. The van der Waals surface area contributed by atoms with Crippen molar-refractivity contribution in [3.05, 3.63) is 47.4 Å². The number of benzene rings is 1. The Labute approximate surface area is 148 Å². The number of piperidine rings is 1. The molecular weight excluding hydrogens is 310 g/mol. The highest BCUT2D eigenvalue weighted by molar-refractivity contribution is 5.61. The van der Waals surface area contributed by atoms with Crippen molar-refractivity contribution in [2.24, 2.45) is 0 Å². The molecule has 1 aromatic heterocycles. The fourth-order valence-corrected chi connectivity index (χ4v) is 3.46. The minimum atomic E-state index is 0.425. The summed E-state index contributed by atoms with van der Waals surface area (Å²) in [5.74, 6) is 2.51. The Hall–Kier alpha value is -2.61. The maximum atomic E-state index is 9.36. The zero-order chi connectivity index (χ0) is 17.2. The highest BCUT2D eigenvalue weighted by atomic mass is 15.2. The van der Waals surface area contributed by atoms with Gasteiger partial charge in [-0.2, -0.15) is 5.26 Å². The van der Waals surface area contributed by atoms with Crippen LogP contribution in [0.15, 0.2) is 30.5 Å². The van der Waals surface area contributed by atoms with Gasteiger partial charge in [0.1, 0.15) is 17.7 Å². The fourth-order valence-electron chi connectivity index (χ4n) is 3.46. The van der Waals surface area contributed by atoms with Crippen LogP contribution in [0.4, 0.5) is 11.5 Å². The summed E-state index contributed by atoms with van der Waals surface area (Å²) in [6.45, 7) is 3.98. The van der Waals surface area contributed by atoms with Gasteiger partial charge in [0.25, 0.3) is 0 Å². The smallest absolute Gasteiger partial charge is 0.133 e. The zero-order valence-electron chi connectivity index (χ0n) is 14.6. The average molecular weight is 333 g/mol. The van der Waals surface area contributed by atoms with E-state index in [1.54, 1.807) is 0 Å². The molecule has 5 nitrogen and oxygen atoms in total. The third-order valence-electron chi connectivity index (χ3n) is 5.08. The van der Waals surface area contributed by atoms with Crippen molar-refractivity contribution in [2.75, 3.05) is 23.3 Å². The molecule has 1 N–H and O–H groups in total. The minimum Gasteiger partial charge on any atom is -0.370 e. The molecule has 0 spiro atoms. The molecule has 1 saturated heterocycles. The lowest BCUT2D eigenvalue weighted by atomic mass is 10.0. The predicted octanol–water partition coefficient (Wildman–Crippen LogP) is 3.62. The summed E-state index contributed by atoms with van der Waals surface area (Å²) < 4.78 is 0. The number of anilines is 2. The van der Waals surface area contributed by atoms with E-state index in [9.17, 15) is 5.26 Å². The van der Waals surface area contributed by atoms with Gasteiger partial charge in [-0.15, -0.1) is 0 Å². The summed E-state index contributed by atoms with van der Waals surface area (Å²) in [6.07, 6.45) is 6.40. The zero-order valence-corrected chi connectivity index (χ0v) is 14.6. The number of rotatable bonds is 4. The van der Waals surface area contributed by atoms with E-state index >= 15 is 0 Å². The van der Waals surface area contributed by atoms with Crippen LogP contribution in [0.2, 0.25) is 0 Å². The number of hydrogen-bond acceptors (Lipinski definition) is 5. The summed E-state index contributed by atoms with van der Waals surface area (Å²) in [5, 5.41) is 12.9. The van der Waals surface area contributed by atoms with Gasteiger partial charge >= 0.3 is 0 Å². The Balaban J connectivity index is 1.39. The summed E-state index contributed by atoms with van der Waals surface area (Å²) >= 11 is 0. The number of hydrogen-bond donors (Lipinski definition) is 1. The molecule has 1 aliphatic carbocycles. The molecule has 25 heavy (non-hydrogen) atoms. The van der Waals surface area contributed by atoms with E-state index < -0.39 is 0 Å². The monoisotopic (exact) mass is 333 g/mol. The van der Waals surface area contributed by atoms with Crippen LogP contribution in [0.3, 0.4) is 0 Å². The lowest BCUT2D eigenvalue weighted by Gasteiger charge is -2.34. The third-order valence-corrected chi connectivity index (χ3v) is 5.08. The number of aromatic nitrogens is 2. The topological polar surface area (TPSA) is 64.8 Å². The molecule has 1 aliphatic heterocycles. The van der Waals surface area contributed by atoms with Crippen molar-refractivity contribution in [2.45, 2.75) is 44.6 Å². The van der Waals surface area contributed by atoms with Gasteiger partial charge in [-0.25, -0.2) is 9.97 Å². The predicted molar refractivity (Wildman–Crippen MR) is 98.8 cm³/mol. The van der Waals surface area contributed by atoms with E-state index in [0.29, 0.717) is 12.0 Å². The van der Waals surface area contributed by atoms with Gasteiger partial charge in [-0.3, -0.25) is 0 Å². The molecule has 1 aromatic carbocycles. The number of nitriles is 1. The van der Waals surface area contributed by atoms with Crippen molar-refractivity contribution >= 4 is 11.5 Å². The highest BCUT2D eigenvalue weighted by Crippen LogP contribution is 2.38. The van der Waals surface area contributed by atoms with Gasteiger partial charge in [0.05, 0.1) is 11.3 Å². The molecule has 0 unspecified atom stereocenters. The maximum Gasteiger partial charge on any atom is 0.133 e. The second-order valence-electron chi connectivity index (χ2n) is 7.11. The van der Waals surface area contributed by atoms with Crippen LogP contribution in [0, 0.1) is 18.3 Å². The molecule has 2 aliphatic rings. The van der Waals surface area contributed by atoms with Gasteiger partial charge in [0.2, 0.25) is 0 Å². The molecule has 2 fully saturated rings. The Morgan fingerprint density at radius 1 is 1.16 bits per heavy atom. The van der Waals surface area contributed by atoms with Crippen molar-refractivity contribution in [1.29, 1.82) is 5.26 Å². The van der Waals surface area contributed by atoms with Gasteiger partial charge in [0, 0.05) is 31.2 Å². The third kappa shape index (κ3) is 3.58. The van der Waals surface area contributed by atoms with Crippen LogP contribution in [0.5, 0.6) is 0 Å². The van der Waals surface area contributed by atoms with Crippen LogP contribution in [0.25, 0.3) is 0 Å². The molecule has 2 aromatic rings. The Morgan fingerprint density at radius 3 is 2.68 bits per heavy atom. The van der Waals surface area contributed by atoms with Gasteiger partial charge in [-0.1, -0.05) is 6.07 Å². The van der Waals surface area contributed by atoms with Gasteiger partial charge < -0.3 is 10.2 Å². The van der Waals surface area contributed by atoms with E-state index in [2.05, 4.69) is 39.2 Å². The molecule has 1 saturated carbocycles. The quantitative estimate of drug-likeness (QED) is 0.926. The van der Waals surface area contributed by atoms with E-state index in [1.165, 1.54) is 18.4 Å². The van der Waals surface area contributed by atoms with Crippen LogP contribution >= 0.6 is 0 Å². The van der Waals surface area contributed by atoms with Crippen molar-refractivity contribution < 1.29 is 0 Å². The molecular formula is C20H23N5. The van der Waals surface area contributed by atoms with E-state index in [1.807, 2.05) is 24.4 Å². The second kappa shape index (κ2) is 6.72. The van der Waals surface area contributed by atoms with Crippen molar-refractivity contribution in [3.8, 4) is 6.07 Å². The minimum absolute atomic E-state index is 0.425.